The average Bonchev–Trinajstić information content (AvgIpc) is 3.36. The Kier molecular flexibility index (Phi) is 7.62. The molecule has 2 aromatic rings. The largest absolute Gasteiger partial charge is 0.357 e. The predicted octanol–water partition coefficient (Wildman–Crippen LogP) is 3.75. The van der Waals surface area contributed by atoms with Crippen molar-refractivity contribution in [3.05, 3.63) is 53.3 Å². The number of nitrogens with zero attached hydrogens (tertiary/aromatic N) is 5. The summed E-state index contributed by atoms with van der Waals surface area (Å²) in [7, 11) is 1.99. The van der Waals surface area contributed by atoms with Gasteiger partial charge in [-0.25, -0.2) is 4.99 Å². The quantitative estimate of drug-likeness (QED) is 0.569. The zero-order chi connectivity index (χ0) is 21.5. The number of hydrogen-bond donors (Lipinski definition) is 1. The van der Waals surface area contributed by atoms with E-state index in [1.165, 1.54) is 55.5 Å². The summed E-state index contributed by atoms with van der Waals surface area (Å²) >= 11 is 0. The lowest BCUT2D eigenvalue weighted by atomic mass is 10.0. The van der Waals surface area contributed by atoms with Crippen LogP contribution in [0.4, 0.5) is 0 Å². The van der Waals surface area contributed by atoms with Crippen molar-refractivity contribution in [2.75, 3.05) is 32.7 Å². The molecule has 1 atom stereocenters. The van der Waals surface area contributed by atoms with Crippen LogP contribution in [0.3, 0.4) is 0 Å². The Morgan fingerprint density at radius 3 is 2.58 bits per heavy atom. The molecule has 0 saturated carbocycles. The van der Waals surface area contributed by atoms with Gasteiger partial charge in [-0.2, -0.15) is 5.10 Å². The van der Waals surface area contributed by atoms with Gasteiger partial charge in [-0.05, 0) is 56.0 Å². The van der Waals surface area contributed by atoms with E-state index in [2.05, 4.69) is 57.6 Å². The van der Waals surface area contributed by atoms with Crippen LogP contribution in [0.2, 0.25) is 0 Å². The molecule has 1 N–H and O–H groups in total. The molecule has 6 heteroatoms. The van der Waals surface area contributed by atoms with Gasteiger partial charge in [-0.1, -0.05) is 37.1 Å². The normalized spacial score (nSPS) is 20.8. The van der Waals surface area contributed by atoms with Crippen LogP contribution >= 0.6 is 0 Å². The molecule has 6 nitrogen and oxygen atoms in total. The van der Waals surface area contributed by atoms with Crippen molar-refractivity contribution in [3.63, 3.8) is 0 Å². The predicted molar refractivity (Wildman–Crippen MR) is 127 cm³/mol. The lowest BCUT2D eigenvalue weighted by molar-refractivity contribution is 0.276. The molecule has 2 aliphatic heterocycles. The number of aromatic nitrogens is 2. The Balaban J connectivity index is 1.43. The fraction of sp³-hybridized carbons (Fsp3) is 0.600. The third-order valence-corrected chi connectivity index (χ3v) is 6.63. The molecule has 2 saturated heterocycles. The molecule has 1 aromatic heterocycles. The van der Waals surface area contributed by atoms with Crippen molar-refractivity contribution in [1.29, 1.82) is 0 Å². The van der Waals surface area contributed by atoms with Crippen LogP contribution in [-0.4, -0.2) is 58.3 Å². The van der Waals surface area contributed by atoms with Crippen LogP contribution in [0.25, 0.3) is 0 Å². The first-order valence-electron chi connectivity index (χ1n) is 12.0. The highest BCUT2D eigenvalue weighted by Gasteiger charge is 2.27. The minimum absolute atomic E-state index is 0.535. The maximum absolute atomic E-state index is 5.06. The van der Waals surface area contributed by atoms with Crippen LogP contribution in [-0.2, 0) is 20.1 Å². The minimum atomic E-state index is 0.535. The Morgan fingerprint density at radius 1 is 1.10 bits per heavy atom. The van der Waals surface area contributed by atoms with Gasteiger partial charge >= 0.3 is 0 Å². The summed E-state index contributed by atoms with van der Waals surface area (Å²) in [6, 6.07) is 8.86. The molecule has 1 unspecified atom stereocenters. The van der Waals surface area contributed by atoms with Crippen molar-refractivity contribution in [3.8, 4) is 0 Å². The number of hydrogen-bond acceptors (Lipinski definition) is 3. The smallest absolute Gasteiger partial charge is 0.194 e. The number of nitrogens with one attached hydrogen (secondary N) is 1. The SMILES string of the molecule is CCNC(=NCc1ccccc1CN1CCCCCC1)N1CCC(c2cnn(C)c2)C1. The van der Waals surface area contributed by atoms with E-state index in [-0.39, 0.29) is 0 Å². The second-order valence-electron chi connectivity index (χ2n) is 9.01. The van der Waals surface area contributed by atoms with E-state index in [9.17, 15) is 0 Å². The highest BCUT2D eigenvalue weighted by Crippen LogP contribution is 2.27. The van der Waals surface area contributed by atoms with E-state index in [1.807, 2.05) is 17.9 Å². The van der Waals surface area contributed by atoms with E-state index in [1.54, 1.807) is 0 Å². The van der Waals surface area contributed by atoms with Crippen molar-refractivity contribution in [2.45, 2.75) is 58.0 Å². The number of benzene rings is 1. The third kappa shape index (κ3) is 5.88. The summed E-state index contributed by atoms with van der Waals surface area (Å²) < 4.78 is 1.90. The lowest BCUT2D eigenvalue weighted by Gasteiger charge is -2.23. The number of aryl methyl sites for hydroxylation is 1. The van der Waals surface area contributed by atoms with Gasteiger partial charge in [0, 0.05) is 45.3 Å². The van der Waals surface area contributed by atoms with E-state index >= 15 is 0 Å². The number of rotatable bonds is 6. The van der Waals surface area contributed by atoms with Crippen LogP contribution < -0.4 is 5.32 Å². The molecule has 4 rings (SSSR count). The molecule has 31 heavy (non-hydrogen) atoms. The van der Waals surface area contributed by atoms with Gasteiger partial charge in [-0.15, -0.1) is 0 Å². The average molecular weight is 423 g/mol. The highest BCUT2D eigenvalue weighted by atomic mass is 15.3. The van der Waals surface area contributed by atoms with Crippen molar-refractivity contribution < 1.29 is 0 Å². The first kappa shape index (κ1) is 21.9. The molecular weight excluding hydrogens is 384 g/mol. The van der Waals surface area contributed by atoms with Crippen LogP contribution in [0.5, 0.6) is 0 Å². The van der Waals surface area contributed by atoms with Crippen LogP contribution in [0.15, 0.2) is 41.7 Å². The molecule has 0 bridgehead atoms. The maximum atomic E-state index is 5.06. The number of guanidine groups is 1. The van der Waals surface area contributed by atoms with Gasteiger partial charge in [-0.3, -0.25) is 9.58 Å². The number of likely N-dealkylation sites (tertiary alicyclic amines) is 2. The zero-order valence-electron chi connectivity index (χ0n) is 19.3. The molecule has 2 fully saturated rings. The van der Waals surface area contributed by atoms with Gasteiger partial charge in [0.1, 0.15) is 0 Å². The monoisotopic (exact) mass is 422 g/mol. The first-order chi connectivity index (χ1) is 15.2. The van der Waals surface area contributed by atoms with Crippen molar-refractivity contribution in [2.24, 2.45) is 12.0 Å². The molecule has 0 radical (unpaired) electrons. The molecule has 0 aliphatic carbocycles. The fourth-order valence-electron chi connectivity index (χ4n) is 4.86. The van der Waals surface area contributed by atoms with Gasteiger partial charge < -0.3 is 10.2 Å². The van der Waals surface area contributed by atoms with Gasteiger partial charge in [0.05, 0.1) is 12.7 Å². The zero-order valence-corrected chi connectivity index (χ0v) is 19.3. The minimum Gasteiger partial charge on any atom is -0.357 e. The lowest BCUT2D eigenvalue weighted by Crippen LogP contribution is -2.40. The first-order valence-corrected chi connectivity index (χ1v) is 12.0. The van der Waals surface area contributed by atoms with Crippen molar-refractivity contribution >= 4 is 5.96 Å². The standard InChI is InChI=1S/C25H38N6/c1-3-26-25(31-15-12-23(20-31)24-17-28-29(2)18-24)27-16-21-10-6-7-11-22(21)19-30-13-8-4-5-9-14-30/h6-7,10-11,17-18,23H,3-5,8-9,12-16,19-20H2,1-2H3,(H,26,27). The summed E-state index contributed by atoms with van der Waals surface area (Å²) in [4.78, 5) is 10.1. The summed E-state index contributed by atoms with van der Waals surface area (Å²) in [5, 5.41) is 7.88. The third-order valence-electron chi connectivity index (χ3n) is 6.63. The van der Waals surface area contributed by atoms with E-state index < -0.39 is 0 Å². The Bertz CT molecular complexity index is 849. The Hall–Kier alpha value is -2.34. The molecule has 0 spiro atoms. The van der Waals surface area contributed by atoms with Gasteiger partial charge in [0.2, 0.25) is 0 Å². The van der Waals surface area contributed by atoms with E-state index in [0.29, 0.717) is 5.92 Å². The summed E-state index contributed by atoms with van der Waals surface area (Å²) in [5.41, 5.74) is 4.12. The van der Waals surface area contributed by atoms with Crippen LogP contribution in [0.1, 0.15) is 61.6 Å². The summed E-state index contributed by atoms with van der Waals surface area (Å²) in [6.07, 6.45) is 10.7. The van der Waals surface area contributed by atoms with Gasteiger partial charge in [0.15, 0.2) is 5.96 Å². The number of aliphatic imine (C=N–C) groups is 1. The fourth-order valence-corrected chi connectivity index (χ4v) is 4.86. The Labute approximate surface area is 187 Å². The molecule has 0 amide bonds. The molecule has 2 aliphatic rings. The van der Waals surface area contributed by atoms with E-state index in [4.69, 9.17) is 4.99 Å². The van der Waals surface area contributed by atoms with Crippen LogP contribution in [0, 0.1) is 0 Å². The highest BCUT2D eigenvalue weighted by molar-refractivity contribution is 5.80. The summed E-state index contributed by atoms with van der Waals surface area (Å²) in [5.74, 6) is 1.58. The molecule has 168 valence electrons. The molecular formula is C25H38N6. The van der Waals surface area contributed by atoms with E-state index in [0.717, 1.165) is 45.1 Å². The molecule has 3 heterocycles. The van der Waals surface area contributed by atoms with Gasteiger partial charge in [0.25, 0.3) is 0 Å². The second kappa shape index (κ2) is 10.8. The summed E-state index contributed by atoms with van der Waals surface area (Å²) in [6.45, 7) is 9.33. The topological polar surface area (TPSA) is 48.7 Å². The Morgan fingerprint density at radius 2 is 1.87 bits per heavy atom. The second-order valence-corrected chi connectivity index (χ2v) is 9.01. The molecule has 1 aromatic carbocycles. The van der Waals surface area contributed by atoms with Crippen molar-refractivity contribution in [1.82, 2.24) is 24.9 Å². The maximum Gasteiger partial charge on any atom is 0.194 e.